The summed E-state index contributed by atoms with van der Waals surface area (Å²) < 4.78 is 39.5. The number of fused-ring (bicyclic) bond motifs is 1. The Balaban J connectivity index is 1.92. The van der Waals surface area contributed by atoms with Crippen LogP contribution in [-0.2, 0) is 9.84 Å². The standard InChI is InChI=1S/C17H19FN4O2S/c1-12(2)25(23,24)10-9-19-17-11-15(13-5-3-4-6-14(13)18)21-16-7-8-20-22(16)17/h3-8,11-12,19H,9-10H2,1-2H3. The topological polar surface area (TPSA) is 76.4 Å². The summed E-state index contributed by atoms with van der Waals surface area (Å²) in [6, 6.07) is 9.76. The van der Waals surface area contributed by atoms with Gasteiger partial charge < -0.3 is 5.32 Å². The molecule has 0 aliphatic rings. The number of sulfone groups is 1. The van der Waals surface area contributed by atoms with Crippen molar-refractivity contribution in [1.82, 2.24) is 14.6 Å². The van der Waals surface area contributed by atoms with Gasteiger partial charge in [0.05, 0.1) is 22.9 Å². The number of hydrogen-bond donors (Lipinski definition) is 1. The summed E-state index contributed by atoms with van der Waals surface area (Å²) in [5.41, 5.74) is 1.39. The van der Waals surface area contributed by atoms with Gasteiger partial charge in [-0.3, -0.25) is 0 Å². The van der Waals surface area contributed by atoms with E-state index >= 15 is 0 Å². The molecule has 0 amide bonds. The molecule has 1 aromatic carbocycles. The SMILES string of the molecule is CC(C)S(=O)(=O)CCNc1cc(-c2ccccc2F)nc2ccnn12. The minimum Gasteiger partial charge on any atom is -0.369 e. The van der Waals surface area contributed by atoms with Crippen LogP contribution in [0.2, 0.25) is 0 Å². The Kier molecular flexibility index (Phi) is 4.71. The molecule has 0 fully saturated rings. The molecular weight excluding hydrogens is 343 g/mol. The van der Waals surface area contributed by atoms with Gasteiger partial charge in [0, 0.05) is 24.2 Å². The number of anilines is 1. The normalized spacial score (nSPS) is 12.0. The highest BCUT2D eigenvalue weighted by Gasteiger charge is 2.16. The van der Waals surface area contributed by atoms with Gasteiger partial charge in [0.2, 0.25) is 0 Å². The maximum atomic E-state index is 14.1. The van der Waals surface area contributed by atoms with Crippen LogP contribution >= 0.6 is 0 Å². The first-order chi connectivity index (χ1) is 11.9. The summed E-state index contributed by atoms with van der Waals surface area (Å²) in [5, 5.41) is 6.82. The van der Waals surface area contributed by atoms with Gasteiger partial charge >= 0.3 is 0 Å². The zero-order valence-corrected chi connectivity index (χ0v) is 14.8. The van der Waals surface area contributed by atoms with Crippen molar-refractivity contribution in [1.29, 1.82) is 0 Å². The molecule has 3 aromatic rings. The molecule has 25 heavy (non-hydrogen) atoms. The van der Waals surface area contributed by atoms with E-state index in [4.69, 9.17) is 0 Å². The van der Waals surface area contributed by atoms with E-state index in [1.54, 1.807) is 54.9 Å². The molecule has 2 heterocycles. The van der Waals surface area contributed by atoms with E-state index in [1.165, 1.54) is 6.07 Å². The van der Waals surface area contributed by atoms with Gasteiger partial charge in [0.1, 0.15) is 11.6 Å². The first-order valence-electron chi connectivity index (χ1n) is 7.93. The van der Waals surface area contributed by atoms with Crippen LogP contribution in [0.1, 0.15) is 13.8 Å². The van der Waals surface area contributed by atoms with Gasteiger partial charge in [-0.2, -0.15) is 9.61 Å². The van der Waals surface area contributed by atoms with Gasteiger partial charge in [-0.1, -0.05) is 12.1 Å². The molecule has 0 bridgehead atoms. The van der Waals surface area contributed by atoms with Gasteiger partial charge in [-0.15, -0.1) is 0 Å². The largest absolute Gasteiger partial charge is 0.369 e. The fourth-order valence-electron chi connectivity index (χ4n) is 2.40. The van der Waals surface area contributed by atoms with E-state index in [1.807, 2.05) is 0 Å². The monoisotopic (exact) mass is 362 g/mol. The van der Waals surface area contributed by atoms with Crippen molar-refractivity contribution < 1.29 is 12.8 Å². The molecule has 132 valence electrons. The highest BCUT2D eigenvalue weighted by atomic mass is 32.2. The van der Waals surface area contributed by atoms with E-state index < -0.39 is 15.1 Å². The third-order valence-corrected chi connectivity index (χ3v) is 6.13. The molecule has 1 N–H and O–H groups in total. The molecule has 0 radical (unpaired) electrons. The minimum absolute atomic E-state index is 0.00474. The molecule has 8 heteroatoms. The molecule has 0 saturated carbocycles. The minimum atomic E-state index is -3.15. The molecular formula is C17H19FN4O2S. The predicted octanol–water partition coefficient (Wildman–Crippen LogP) is 2.77. The Hall–Kier alpha value is -2.48. The summed E-state index contributed by atoms with van der Waals surface area (Å²) in [4.78, 5) is 4.41. The molecule has 0 aliphatic heterocycles. The number of rotatable bonds is 6. The Labute approximate surface area is 145 Å². The van der Waals surface area contributed by atoms with E-state index in [-0.39, 0.29) is 18.1 Å². The van der Waals surface area contributed by atoms with E-state index in [0.29, 0.717) is 22.7 Å². The lowest BCUT2D eigenvalue weighted by Crippen LogP contribution is -2.23. The number of halogens is 1. The first-order valence-corrected chi connectivity index (χ1v) is 9.65. The number of nitrogens with zero attached hydrogens (tertiary/aromatic N) is 3. The van der Waals surface area contributed by atoms with Crippen LogP contribution in [0.15, 0.2) is 42.6 Å². The van der Waals surface area contributed by atoms with Gasteiger partial charge in [-0.05, 0) is 26.0 Å². The first kappa shape index (κ1) is 17.3. The van der Waals surface area contributed by atoms with Crippen LogP contribution < -0.4 is 5.32 Å². The summed E-state index contributed by atoms with van der Waals surface area (Å²) in [5.74, 6) is 0.199. The highest BCUT2D eigenvalue weighted by molar-refractivity contribution is 7.92. The lowest BCUT2D eigenvalue weighted by molar-refractivity contribution is 0.587. The average Bonchev–Trinajstić information content (AvgIpc) is 3.03. The smallest absolute Gasteiger partial charge is 0.157 e. The van der Waals surface area contributed by atoms with Crippen LogP contribution in [0.4, 0.5) is 10.2 Å². The van der Waals surface area contributed by atoms with Crippen molar-refractivity contribution >= 4 is 21.3 Å². The Morgan fingerprint density at radius 3 is 2.72 bits per heavy atom. The summed E-state index contributed by atoms with van der Waals surface area (Å²) in [7, 11) is -3.15. The zero-order valence-electron chi connectivity index (χ0n) is 14.0. The predicted molar refractivity (Wildman–Crippen MR) is 95.8 cm³/mol. The third kappa shape index (κ3) is 3.63. The number of aromatic nitrogens is 3. The highest BCUT2D eigenvalue weighted by Crippen LogP contribution is 2.24. The Morgan fingerprint density at radius 1 is 1.24 bits per heavy atom. The fourth-order valence-corrected chi connectivity index (χ4v) is 3.26. The molecule has 0 aliphatic carbocycles. The van der Waals surface area contributed by atoms with Crippen LogP contribution in [0.25, 0.3) is 16.9 Å². The second-order valence-corrected chi connectivity index (χ2v) is 8.63. The van der Waals surface area contributed by atoms with Crippen molar-refractivity contribution in [2.75, 3.05) is 17.6 Å². The molecule has 0 spiro atoms. The molecule has 2 aromatic heterocycles. The summed E-state index contributed by atoms with van der Waals surface area (Å²) >= 11 is 0. The Morgan fingerprint density at radius 2 is 2.00 bits per heavy atom. The molecule has 0 atom stereocenters. The van der Waals surface area contributed by atoms with Crippen molar-refractivity contribution in [2.24, 2.45) is 0 Å². The quantitative estimate of drug-likeness (QED) is 0.730. The van der Waals surface area contributed by atoms with Crippen molar-refractivity contribution in [3.05, 3.63) is 48.4 Å². The molecule has 6 nitrogen and oxygen atoms in total. The number of hydrogen-bond acceptors (Lipinski definition) is 5. The van der Waals surface area contributed by atoms with E-state index in [9.17, 15) is 12.8 Å². The Bertz CT molecular complexity index is 999. The maximum Gasteiger partial charge on any atom is 0.157 e. The summed E-state index contributed by atoms with van der Waals surface area (Å²) in [6.07, 6.45) is 1.59. The molecule has 3 rings (SSSR count). The van der Waals surface area contributed by atoms with Gasteiger partial charge in [-0.25, -0.2) is 17.8 Å². The van der Waals surface area contributed by atoms with Crippen LogP contribution in [0.5, 0.6) is 0 Å². The maximum absolute atomic E-state index is 14.1. The van der Waals surface area contributed by atoms with Crippen LogP contribution in [0, 0.1) is 5.82 Å². The van der Waals surface area contributed by atoms with Gasteiger partial charge in [0.15, 0.2) is 15.5 Å². The van der Waals surface area contributed by atoms with Crippen LogP contribution in [-0.4, -0.2) is 40.6 Å². The van der Waals surface area contributed by atoms with E-state index in [0.717, 1.165) is 0 Å². The number of nitrogens with one attached hydrogen (secondary N) is 1. The van der Waals surface area contributed by atoms with Crippen molar-refractivity contribution in [2.45, 2.75) is 19.1 Å². The third-order valence-electron chi connectivity index (χ3n) is 3.92. The lowest BCUT2D eigenvalue weighted by Gasteiger charge is -2.12. The number of benzene rings is 1. The zero-order chi connectivity index (χ0) is 18.0. The van der Waals surface area contributed by atoms with Gasteiger partial charge in [0.25, 0.3) is 0 Å². The van der Waals surface area contributed by atoms with Crippen LogP contribution in [0.3, 0.4) is 0 Å². The molecule has 0 saturated heterocycles. The van der Waals surface area contributed by atoms with Crippen molar-refractivity contribution in [3.63, 3.8) is 0 Å². The van der Waals surface area contributed by atoms with Crippen molar-refractivity contribution in [3.8, 4) is 11.3 Å². The second kappa shape index (κ2) is 6.79. The van der Waals surface area contributed by atoms with E-state index in [2.05, 4.69) is 15.4 Å². The molecule has 0 unspecified atom stereocenters. The lowest BCUT2D eigenvalue weighted by atomic mass is 10.1. The summed E-state index contributed by atoms with van der Waals surface area (Å²) in [6.45, 7) is 3.55. The fraction of sp³-hybridized carbons (Fsp3) is 0.294. The average molecular weight is 362 g/mol. The second-order valence-electron chi connectivity index (χ2n) is 5.95.